The Hall–Kier alpha value is -3.40. The molecule has 0 aliphatic carbocycles. The Morgan fingerprint density at radius 2 is 0.500 bits per heavy atom. The predicted octanol–water partition coefficient (Wildman–Crippen LogP) is 3.44. The van der Waals surface area contributed by atoms with E-state index in [2.05, 4.69) is 116 Å². The number of aromatic nitrogens is 4. The highest BCUT2D eigenvalue weighted by Gasteiger charge is 2.09. The summed E-state index contributed by atoms with van der Waals surface area (Å²) in [6, 6.07) is 17.8. The Balaban J connectivity index is 1.34. The van der Waals surface area contributed by atoms with E-state index < -0.39 is 0 Å². The van der Waals surface area contributed by atoms with Crippen molar-refractivity contribution >= 4 is 0 Å². The van der Waals surface area contributed by atoms with Crippen molar-refractivity contribution < 1.29 is 18.3 Å². The van der Waals surface area contributed by atoms with Gasteiger partial charge < -0.3 is 0 Å². The van der Waals surface area contributed by atoms with Crippen LogP contribution in [0.2, 0.25) is 0 Å². The van der Waals surface area contributed by atoms with Crippen molar-refractivity contribution in [2.24, 2.45) is 0 Å². The molecule has 0 saturated heterocycles. The largest absolute Gasteiger partial charge is 0.205 e. The van der Waals surface area contributed by atoms with Gasteiger partial charge in [0, 0.05) is 74.2 Å². The zero-order valence-corrected chi connectivity index (χ0v) is 18.7. The molecule has 4 nitrogen and oxygen atoms in total. The molecular weight excluding hydrogens is 392 g/mol. The van der Waals surface area contributed by atoms with Gasteiger partial charge in [0.2, 0.25) is 0 Å². The van der Waals surface area contributed by atoms with Gasteiger partial charge in [0.25, 0.3) is 0 Å². The van der Waals surface area contributed by atoms with Crippen LogP contribution in [0.3, 0.4) is 0 Å². The minimum atomic E-state index is 1.05. The van der Waals surface area contributed by atoms with Crippen molar-refractivity contribution in [1.82, 2.24) is 0 Å². The standard InChI is InChI=1S/C28H32N4/c1-2-14-30-19-7-26(8-20-30)28-11-23-32(24-12-28)16-4-3-15-31-21-9-27(10-22-31)25-5-17-29(13-1)18-6-25/h5-12,17-24H,1-4,13-16H2/q+4. The summed E-state index contributed by atoms with van der Waals surface area (Å²) in [4.78, 5) is 0. The Labute approximate surface area is 190 Å². The average Bonchev–Trinajstić information content (AvgIpc) is 2.86. The Kier molecular flexibility index (Phi) is 6.29. The number of rotatable bonds is 0. The lowest BCUT2D eigenvalue weighted by atomic mass is 10.1. The second-order valence-corrected chi connectivity index (χ2v) is 8.71. The van der Waals surface area contributed by atoms with Gasteiger partial charge in [0.05, 0.1) is 0 Å². The van der Waals surface area contributed by atoms with Crippen LogP contribution >= 0.6 is 0 Å². The highest BCUT2D eigenvalue weighted by Crippen LogP contribution is 2.17. The summed E-state index contributed by atoms with van der Waals surface area (Å²) < 4.78 is 9.17. The van der Waals surface area contributed by atoms with E-state index in [1.807, 2.05) is 0 Å². The van der Waals surface area contributed by atoms with Gasteiger partial charge in [-0.05, 0) is 22.3 Å². The van der Waals surface area contributed by atoms with Crippen molar-refractivity contribution in [2.75, 3.05) is 0 Å². The van der Waals surface area contributed by atoms with Gasteiger partial charge >= 0.3 is 0 Å². The SMILES string of the molecule is c1c[n+]2ccc1-c1cc[n+](cc1)CCCC[n+]1ccc(cc1)-c1cc[n+](cc1)CCCC2. The molecule has 0 N–H and O–H groups in total. The van der Waals surface area contributed by atoms with Crippen LogP contribution in [0, 0.1) is 0 Å². The molecular formula is C28H32N4+4. The summed E-state index contributed by atoms with van der Waals surface area (Å²) in [5.41, 5.74) is 5.10. The smallest absolute Gasteiger partial charge is 0.169 e. The monoisotopic (exact) mass is 424 g/mol. The molecule has 10 aliphatic rings. The molecule has 0 fully saturated rings. The van der Waals surface area contributed by atoms with E-state index in [1.165, 1.54) is 47.9 Å². The van der Waals surface area contributed by atoms with Crippen LogP contribution in [-0.4, -0.2) is 0 Å². The maximum Gasteiger partial charge on any atom is 0.169 e. The minimum absolute atomic E-state index is 1.05. The molecule has 4 heteroatoms. The van der Waals surface area contributed by atoms with Gasteiger partial charge in [-0.1, -0.05) is 0 Å². The van der Waals surface area contributed by atoms with Crippen LogP contribution < -0.4 is 18.3 Å². The van der Waals surface area contributed by atoms with E-state index in [9.17, 15) is 0 Å². The van der Waals surface area contributed by atoms with Crippen molar-refractivity contribution in [1.29, 1.82) is 0 Å². The van der Waals surface area contributed by atoms with Gasteiger partial charge in [-0.2, -0.15) is 0 Å². The predicted molar refractivity (Wildman–Crippen MR) is 123 cm³/mol. The van der Waals surface area contributed by atoms with Crippen LogP contribution in [0.5, 0.6) is 0 Å². The van der Waals surface area contributed by atoms with Gasteiger partial charge in [-0.15, -0.1) is 0 Å². The zero-order chi connectivity index (χ0) is 21.6. The first-order chi connectivity index (χ1) is 15.8. The van der Waals surface area contributed by atoms with Gasteiger partial charge in [-0.3, -0.25) is 0 Å². The molecule has 32 heavy (non-hydrogen) atoms. The number of hydrogen-bond donors (Lipinski definition) is 0. The molecule has 14 heterocycles. The first-order valence-corrected chi connectivity index (χ1v) is 11.8. The molecule has 0 amide bonds. The normalized spacial score (nSPS) is 14.5. The maximum atomic E-state index is 2.29. The highest BCUT2D eigenvalue weighted by molar-refractivity contribution is 5.61. The van der Waals surface area contributed by atoms with Gasteiger partial charge in [0.15, 0.2) is 49.6 Å². The summed E-state index contributed by atoms with van der Waals surface area (Å²) in [6.45, 7) is 4.21. The topological polar surface area (TPSA) is 15.5 Å². The van der Waals surface area contributed by atoms with Crippen LogP contribution in [0.4, 0.5) is 0 Å². The fraction of sp³-hybridized carbons (Fsp3) is 0.286. The van der Waals surface area contributed by atoms with Crippen molar-refractivity contribution in [3.05, 3.63) is 98.1 Å². The minimum Gasteiger partial charge on any atom is -0.205 e. The van der Waals surface area contributed by atoms with Crippen LogP contribution in [0.15, 0.2) is 98.1 Å². The van der Waals surface area contributed by atoms with Gasteiger partial charge in [-0.25, -0.2) is 18.3 Å². The summed E-state index contributed by atoms with van der Waals surface area (Å²) in [6.07, 6.45) is 22.3. The fourth-order valence-electron chi connectivity index (χ4n) is 4.37. The Bertz CT molecular complexity index is 942. The molecule has 160 valence electrons. The molecule has 4 aromatic heterocycles. The van der Waals surface area contributed by atoms with E-state index in [0.717, 1.165) is 26.2 Å². The third-order valence-electron chi connectivity index (χ3n) is 6.40. The fourth-order valence-corrected chi connectivity index (χ4v) is 4.37. The van der Waals surface area contributed by atoms with E-state index in [4.69, 9.17) is 0 Å². The molecule has 0 spiro atoms. The number of hydrogen-bond acceptors (Lipinski definition) is 0. The van der Waals surface area contributed by atoms with E-state index in [-0.39, 0.29) is 0 Å². The molecule has 0 saturated carbocycles. The molecule has 0 unspecified atom stereocenters. The number of pyridine rings is 4. The van der Waals surface area contributed by atoms with Crippen LogP contribution in [0.25, 0.3) is 22.3 Å². The number of nitrogens with zero attached hydrogens (tertiary/aromatic N) is 4. The van der Waals surface area contributed by atoms with Crippen LogP contribution in [-0.2, 0) is 26.2 Å². The lowest BCUT2D eigenvalue weighted by Gasteiger charge is -2.03. The molecule has 0 radical (unpaired) electrons. The Morgan fingerprint density at radius 1 is 0.312 bits per heavy atom. The van der Waals surface area contributed by atoms with E-state index in [1.54, 1.807) is 0 Å². The zero-order valence-electron chi connectivity index (χ0n) is 18.7. The molecule has 0 aromatic carbocycles. The lowest BCUT2D eigenvalue weighted by Crippen LogP contribution is -2.36. The Morgan fingerprint density at radius 3 is 0.688 bits per heavy atom. The van der Waals surface area contributed by atoms with Crippen LogP contribution in [0.1, 0.15) is 25.7 Å². The molecule has 0 atom stereocenters. The average molecular weight is 425 g/mol. The summed E-state index contributed by atoms with van der Waals surface area (Å²) >= 11 is 0. The van der Waals surface area contributed by atoms with Crippen molar-refractivity contribution in [3.8, 4) is 22.3 Å². The first kappa shape index (κ1) is 20.5. The summed E-state index contributed by atoms with van der Waals surface area (Å²) in [5, 5.41) is 0. The quantitative estimate of drug-likeness (QED) is 0.384. The molecule has 4 aromatic rings. The summed E-state index contributed by atoms with van der Waals surface area (Å²) in [5.74, 6) is 0. The highest BCUT2D eigenvalue weighted by atomic mass is 14.9. The second kappa shape index (κ2) is 9.82. The number of aryl methyl sites for hydroxylation is 4. The van der Waals surface area contributed by atoms with Crippen molar-refractivity contribution in [3.63, 3.8) is 0 Å². The van der Waals surface area contributed by atoms with E-state index >= 15 is 0 Å². The summed E-state index contributed by atoms with van der Waals surface area (Å²) in [7, 11) is 0. The third-order valence-corrected chi connectivity index (χ3v) is 6.40. The van der Waals surface area contributed by atoms with E-state index in [0.29, 0.717) is 0 Å². The molecule has 14 rings (SSSR count). The van der Waals surface area contributed by atoms with Crippen molar-refractivity contribution in [2.45, 2.75) is 51.9 Å². The molecule has 8 bridgehead atoms. The molecule has 10 aliphatic heterocycles. The first-order valence-electron chi connectivity index (χ1n) is 11.8. The third kappa shape index (κ3) is 5.08. The lowest BCUT2D eigenvalue weighted by molar-refractivity contribution is -0.708. The second-order valence-electron chi connectivity index (χ2n) is 8.71. The van der Waals surface area contributed by atoms with Gasteiger partial charge in [0.1, 0.15) is 26.2 Å². The maximum absolute atomic E-state index is 2.29.